The van der Waals surface area contributed by atoms with Crippen molar-refractivity contribution in [1.82, 2.24) is 0 Å². The van der Waals surface area contributed by atoms with Crippen LogP contribution in [0.2, 0.25) is 0 Å². The van der Waals surface area contributed by atoms with Gasteiger partial charge in [-0.3, -0.25) is 0 Å². The van der Waals surface area contributed by atoms with Crippen LogP contribution in [-0.4, -0.2) is 5.11 Å². The van der Waals surface area contributed by atoms with E-state index in [0.717, 1.165) is 5.56 Å². The van der Waals surface area contributed by atoms with Crippen molar-refractivity contribution in [1.29, 1.82) is 0 Å². The Hall–Kier alpha value is 0.595. The molecule has 0 aliphatic rings. The summed E-state index contributed by atoms with van der Waals surface area (Å²) in [6.07, 6.45) is -0.341. The molecule has 1 aromatic carbocycles. The summed E-state index contributed by atoms with van der Waals surface area (Å²) in [4.78, 5) is 0. The molecule has 3 heteroatoms. The Bertz CT molecular complexity index is 177. The number of aliphatic hydroxyl groups excluding tert-OH is 1. The minimum atomic E-state index is -0.341. The van der Waals surface area contributed by atoms with Crippen molar-refractivity contribution in [3.63, 3.8) is 0 Å². The Morgan fingerprint density at radius 2 is 1.64 bits per heavy atom. The first kappa shape index (κ1) is 14.1. The fraction of sp³-hybridized carbons (Fsp3) is 0.250. The molecule has 0 bridgehead atoms. The van der Waals surface area contributed by atoms with Crippen molar-refractivity contribution < 1.29 is 49.8 Å². The van der Waals surface area contributed by atoms with E-state index in [-0.39, 0.29) is 50.8 Å². The molecule has 0 aliphatic carbocycles. The van der Waals surface area contributed by atoms with Crippen LogP contribution in [0.5, 0.6) is 0 Å². The van der Waals surface area contributed by atoms with E-state index in [1.54, 1.807) is 6.92 Å². The van der Waals surface area contributed by atoms with Crippen LogP contribution in [0.15, 0.2) is 30.3 Å². The molecule has 1 radical (unpaired) electrons. The molecule has 0 heterocycles. The van der Waals surface area contributed by atoms with Crippen LogP contribution in [0.3, 0.4) is 0 Å². The molecule has 1 nitrogen and oxygen atoms in total. The molecule has 11 heavy (non-hydrogen) atoms. The molecule has 1 rings (SSSR count). The first-order valence-corrected chi connectivity index (χ1v) is 3.03. The van der Waals surface area contributed by atoms with Gasteiger partial charge in [0, 0.05) is 0 Å². The van der Waals surface area contributed by atoms with E-state index in [1.165, 1.54) is 0 Å². The summed E-state index contributed by atoms with van der Waals surface area (Å²) in [5.74, 6) is 0. The van der Waals surface area contributed by atoms with Crippen molar-refractivity contribution in [2.24, 2.45) is 0 Å². The number of rotatable bonds is 1. The maximum absolute atomic E-state index is 9.02. The molecule has 0 spiro atoms. The maximum Gasteiger partial charge on any atom is 1.00 e. The van der Waals surface area contributed by atoms with Crippen molar-refractivity contribution in [2.45, 2.75) is 13.0 Å². The van der Waals surface area contributed by atoms with E-state index in [1.807, 2.05) is 30.3 Å². The van der Waals surface area contributed by atoms with Gasteiger partial charge < -0.3 is 22.1 Å². The monoisotopic (exact) mass is 403 g/mol. The smallest absolute Gasteiger partial charge is 1.00 e. The number of hydrogen-bond acceptors (Lipinski definition) is 1. The van der Waals surface area contributed by atoms with Gasteiger partial charge in [-0.2, -0.15) is 0 Å². The Morgan fingerprint density at radius 3 is 1.91 bits per heavy atom. The summed E-state index contributed by atoms with van der Waals surface area (Å²) in [5.41, 5.74) is 0.970. The van der Waals surface area contributed by atoms with E-state index in [9.17, 15) is 0 Å². The van der Waals surface area contributed by atoms with Crippen LogP contribution in [0.25, 0.3) is 0 Å². The van der Waals surface area contributed by atoms with Gasteiger partial charge in [0.05, 0.1) is 6.10 Å². The predicted molar refractivity (Wildman–Crippen MR) is 37.1 cm³/mol. The Morgan fingerprint density at radius 1 is 1.18 bits per heavy atom. The van der Waals surface area contributed by atoms with E-state index >= 15 is 0 Å². The SMILES string of the molecule is CC(O)c1ccccc1.[Br-].[Hg+]. The number of hydrogen-bond donors (Lipinski definition) is 1. The topological polar surface area (TPSA) is 20.2 Å². The fourth-order valence-corrected chi connectivity index (χ4v) is 0.732. The fourth-order valence-electron chi connectivity index (χ4n) is 0.732. The van der Waals surface area contributed by atoms with Gasteiger partial charge in [-0.1, -0.05) is 30.3 Å². The third kappa shape index (κ3) is 4.93. The van der Waals surface area contributed by atoms with Gasteiger partial charge in [0.1, 0.15) is 0 Å². The van der Waals surface area contributed by atoms with Gasteiger partial charge in [-0.15, -0.1) is 0 Å². The summed E-state index contributed by atoms with van der Waals surface area (Å²) in [7, 11) is 0. The van der Waals surface area contributed by atoms with Gasteiger partial charge in [-0.05, 0) is 12.5 Å². The van der Waals surface area contributed by atoms with Crippen molar-refractivity contribution in [3.05, 3.63) is 35.9 Å². The molecule has 0 saturated carbocycles. The summed E-state index contributed by atoms with van der Waals surface area (Å²) < 4.78 is 0. The van der Waals surface area contributed by atoms with Gasteiger partial charge in [-0.25, -0.2) is 0 Å². The second-order valence-electron chi connectivity index (χ2n) is 2.09. The zero-order valence-corrected chi connectivity index (χ0v) is 13.6. The predicted octanol–water partition coefficient (Wildman–Crippen LogP) is -1.26. The average Bonchev–Trinajstić information content (AvgIpc) is 1.90. The van der Waals surface area contributed by atoms with Crippen LogP contribution in [0.4, 0.5) is 0 Å². The van der Waals surface area contributed by atoms with Crippen LogP contribution >= 0.6 is 0 Å². The van der Waals surface area contributed by atoms with Crippen LogP contribution in [0.1, 0.15) is 18.6 Å². The first-order valence-electron chi connectivity index (χ1n) is 3.03. The van der Waals surface area contributed by atoms with Crippen molar-refractivity contribution in [3.8, 4) is 0 Å². The van der Waals surface area contributed by atoms with E-state index in [2.05, 4.69) is 0 Å². The largest absolute Gasteiger partial charge is 1.00 e. The summed E-state index contributed by atoms with van der Waals surface area (Å²) in [6, 6.07) is 9.59. The van der Waals surface area contributed by atoms with Crippen molar-refractivity contribution in [2.75, 3.05) is 0 Å². The summed E-state index contributed by atoms with van der Waals surface area (Å²) in [5, 5.41) is 9.02. The first-order chi connectivity index (χ1) is 4.30. The molecule has 0 saturated heterocycles. The molecule has 1 atom stereocenters. The molecule has 0 fully saturated rings. The number of halogens is 1. The Balaban J connectivity index is 0. The van der Waals surface area contributed by atoms with Gasteiger partial charge in [0.25, 0.3) is 0 Å². The number of aliphatic hydroxyl groups is 1. The molecule has 0 aromatic heterocycles. The van der Waals surface area contributed by atoms with Crippen LogP contribution in [0, 0.1) is 0 Å². The minimum Gasteiger partial charge on any atom is -1.00 e. The Kier molecular flexibility index (Phi) is 9.32. The van der Waals surface area contributed by atoms with E-state index in [4.69, 9.17) is 5.11 Å². The molecule has 0 amide bonds. The summed E-state index contributed by atoms with van der Waals surface area (Å²) in [6.45, 7) is 1.76. The number of benzene rings is 1. The molecule has 57 valence electrons. The van der Waals surface area contributed by atoms with Gasteiger partial charge >= 0.3 is 27.7 Å². The average molecular weight is 403 g/mol. The van der Waals surface area contributed by atoms with Gasteiger partial charge in [0.2, 0.25) is 0 Å². The quantitative estimate of drug-likeness (QED) is 0.582. The second kappa shape index (κ2) is 7.26. The van der Waals surface area contributed by atoms with Crippen LogP contribution < -0.4 is 17.0 Å². The molecule has 0 aliphatic heterocycles. The standard InChI is InChI=1S/C8H10O.BrH.Hg/c1-7(9)8-5-3-2-4-6-8;;/h2-7,9H,1H3;1H;/q;;+1/p-1. The second-order valence-corrected chi connectivity index (χ2v) is 2.09. The molecular weight excluding hydrogens is 393 g/mol. The molecular formula is C8H10BrHgO. The molecule has 1 aromatic rings. The Labute approximate surface area is 98.1 Å². The minimum absolute atomic E-state index is 0. The van der Waals surface area contributed by atoms with Crippen molar-refractivity contribution >= 4 is 0 Å². The zero-order chi connectivity index (χ0) is 6.69. The molecule has 1 unspecified atom stereocenters. The van der Waals surface area contributed by atoms with Gasteiger partial charge in [0.15, 0.2) is 0 Å². The van der Waals surface area contributed by atoms with E-state index < -0.39 is 0 Å². The van der Waals surface area contributed by atoms with Crippen LogP contribution in [-0.2, 0) is 27.7 Å². The normalized spacial score (nSPS) is 10.7. The summed E-state index contributed by atoms with van der Waals surface area (Å²) >= 11 is 0. The molecule has 1 N–H and O–H groups in total. The third-order valence-corrected chi connectivity index (χ3v) is 1.28. The maximum atomic E-state index is 9.02. The zero-order valence-electron chi connectivity index (χ0n) is 6.50. The van der Waals surface area contributed by atoms with E-state index in [0.29, 0.717) is 0 Å². The third-order valence-electron chi connectivity index (χ3n) is 1.28.